The van der Waals surface area contributed by atoms with Crippen LogP contribution in [0.2, 0.25) is 5.09 Å². The van der Waals surface area contributed by atoms with E-state index in [0.29, 0.717) is 6.79 Å². The summed E-state index contributed by atoms with van der Waals surface area (Å²) in [5.41, 5.74) is 0. The summed E-state index contributed by atoms with van der Waals surface area (Å²) in [4.78, 5) is 0. The SMILES string of the molecule is [Li][CH2]C/C=C\CCOCOCCCCCCCCC. The van der Waals surface area contributed by atoms with Gasteiger partial charge in [-0.05, 0) is 0 Å². The molecule has 0 aromatic heterocycles. The van der Waals surface area contributed by atoms with Gasteiger partial charge in [-0.2, -0.15) is 0 Å². The Balaban J connectivity index is 2.95. The van der Waals surface area contributed by atoms with Crippen molar-refractivity contribution in [2.75, 3.05) is 20.0 Å². The number of hydrogen-bond donors (Lipinski definition) is 0. The molecule has 0 aliphatic rings. The molecule has 0 unspecified atom stereocenters. The van der Waals surface area contributed by atoms with E-state index in [0.717, 1.165) is 19.6 Å². The molecule has 0 N–H and O–H groups in total. The van der Waals surface area contributed by atoms with Crippen LogP contribution in [-0.4, -0.2) is 37.7 Å². The molecular formula is C16H31LiO2. The van der Waals surface area contributed by atoms with Gasteiger partial charge < -0.3 is 0 Å². The Labute approximate surface area is 129 Å². The maximum atomic E-state index is 5.44. The fourth-order valence-corrected chi connectivity index (χ4v) is 1.89. The predicted molar refractivity (Wildman–Crippen MR) is 83.7 cm³/mol. The van der Waals surface area contributed by atoms with Gasteiger partial charge in [-0.1, -0.05) is 39.0 Å². The van der Waals surface area contributed by atoms with Crippen LogP contribution < -0.4 is 0 Å². The first-order valence-electron chi connectivity index (χ1n) is 8.22. The molecule has 0 saturated heterocycles. The van der Waals surface area contributed by atoms with E-state index in [1.54, 1.807) is 0 Å². The van der Waals surface area contributed by atoms with Crippen LogP contribution in [-0.2, 0) is 9.47 Å². The van der Waals surface area contributed by atoms with Crippen LogP contribution in [0, 0.1) is 0 Å². The van der Waals surface area contributed by atoms with E-state index < -0.39 is 0 Å². The Bertz CT molecular complexity index is 184. The number of allylic oxidation sites excluding steroid dienone is 1. The topological polar surface area (TPSA) is 18.5 Å². The summed E-state index contributed by atoms with van der Waals surface area (Å²) < 4.78 is 10.8. The molecule has 3 heteroatoms. The van der Waals surface area contributed by atoms with Crippen LogP contribution in [0.1, 0.15) is 64.7 Å². The van der Waals surface area contributed by atoms with E-state index >= 15 is 0 Å². The van der Waals surface area contributed by atoms with Crippen molar-refractivity contribution in [3.63, 3.8) is 0 Å². The molecule has 0 fully saturated rings. The zero-order chi connectivity index (χ0) is 14.0. The first-order chi connectivity index (χ1) is 9.41. The third-order valence-electron chi connectivity index (χ3n) is 3.11. The Kier molecular flexibility index (Phi) is 18.5. The van der Waals surface area contributed by atoms with Crippen molar-refractivity contribution in [2.45, 2.75) is 69.8 Å². The van der Waals surface area contributed by atoms with E-state index in [1.165, 1.54) is 56.5 Å². The summed E-state index contributed by atoms with van der Waals surface area (Å²) in [7, 11) is 0. The molecule has 0 saturated carbocycles. The first kappa shape index (κ1) is 19.3. The zero-order valence-corrected chi connectivity index (χ0v) is 13.2. The second kappa shape index (κ2) is 18.3. The monoisotopic (exact) mass is 262 g/mol. The van der Waals surface area contributed by atoms with Crippen molar-refractivity contribution in [1.29, 1.82) is 0 Å². The summed E-state index contributed by atoms with van der Waals surface area (Å²) in [6, 6.07) is 0. The van der Waals surface area contributed by atoms with Gasteiger partial charge in [0.05, 0.1) is 0 Å². The van der Waals surface area contributed by atoms with Gasteiger partial charge in [0.1, 0.15) is 0 Å². The fourth-order valence-electron chi connectivity index (χ4n) is 1.89. The van der Waals surface area contributed by atoms with Gasteiger partial charge in [-0.25, -0.2) is 0 Å². The molecule has 0 heterocycles. The molecule has 0 aromatic carbocycles. The summed E-state index contributed by atoms with van der Waals surface area (Å²) >= 11 is 2.19. The molecule has 0 amide bonds. The van der Waals surface area contributed by atoms with Crippen molar-refractivity contribution in [2.24, 2.45) is 0 Å². The zero-order valence-electron chi connectivity index (χ0n) is 13.2. The normalized spacial score (nSPS) is 11.5. The van der Waals surface area contributed by atoms with E-state index in [9.17, 15) is 0 Å². The summed E-state index contributed by atoms with van der Waals surface area (Å²) in [5.74, 6) is 0. The molecule has 0 radical (unpaired) electrons. The molecule has 0 aliphatic heterocycles. The van der Waals surface area contributed by atoms with Gasteiger partial charge in [0, 0.05) is 0 Å². The number of hydrogen-bond acceptors (Lipinski definition) is 2. The summed E-state index contributed by atoms with van der Waals surface area (Å²) in [5, 5.41) is 1.22. The van der Waals surface area contributed by atoms with Crippen molar-refractivity contribution in [3.8, 4) is 0 Å². The van der Waals surface area contributed by atoms with Gasteiger partial charge in [-0.15, -0.1) is 0 Å². The molecule has 108 valence electrons. The average molecular weight is 262 g/mol. The van der Waals surface area contributed by atoms with Crippen molar-refractivity contribution >= 4 is 17.7 Å². The van der Waals surface area contributed by atoms with Gasteiger partial charge in [0.2, 0.25) is 0 Å². The van der Waals surface area contributed by atoms with E-state index in [-0.39, 0.29) is 0 Å². The van der Waals surface area contributed by atoms with Crippen LogP contribution in [0.5, 0.6) is 0 Å². The third kappa shape index (κ3) is 18.3. The fraction of sp³-hybridized carbons (Fsp3) is 0.875. The van der Waals surface area contributed by atoms with Crippen LogP contribution in [0.15, 0.2) is 12.2 Å². The minimum absolute atomic E-state index is 0.456. The van der Waals surface area contributed by atoms with Crippen molar-refractivity contribution < 1.29 is 9.47 Å². The summed E-state index contributed by atoms with van der Waals surface area (Å²) in [6.07, 6.45) is 15.9. The minimum atomic E-state index is 0.456. The van der Waals surface area contributed by atoms with Gasteiger partial charge in [-0.3, -0.25) is 0 Å². The van der Waals surface area contributed by atoms with Crippen LogP contribution in [0.25, 0.3) is 0 Å². The van der Waals surface area contributed by atoms with Crippen LogP contribution >= 0.6 is 0 Å². The standard InChI is InChI=1S/C16H31O2.Li/c1-3-5-7-9-10-11-13-15-18-16-17-14-12-8-6-4-2;/h6,8H,2-5,7,9-16H2,1H3;/b8-6-;. The number of rotatable bonds is 15. The molecule has 0 aliphatic carbocycles. The molecular weight excluding hydrogens is 231 g/mol. The Morgan fingerprint density at radius 3 is 2.16 bits per heavy atom. The smallest absolute Gasteiger partial charge is 0.0654 e. The quantitative estimate of drug-likeness (QED) is 0.185. The Morgan fingerprint density at radius 2 is 1.42 bits per heavy atom. The van der Waals surface area contributed by atoms with E-state index in [4.69, 9.17) is 9.47 Å². The Hall–Kier alpha value is 0.257. The minimum Gasteiger partial charge on any atom is -0.0654 e. The molecule has 0 spiro atoms. The van der Waals surface area contributed by atoms with Gasteiger partial charge in [0.15, 0.2) is 0 Å². The predicted octanol–water partition coefficient (Wildman–Crippen LogP) is 4.65. The molecule has 0 aromatic rings. The summed E-state index contributed by atoms with van der Waals surface area (Å²) in [6.45, 7) is 4.33. The van der Waals surface area contributed by atoms with Crippen LogP contribution in [0.4, 0.5) is 0 Å². The van der Waals surface area contributed by atoms with Gasteiger partial charge in [0.25, 0.3) is 0 Å². The molecule has 0 rings (SSSR count). The van der Waals surface area contributed by atoms with E-state index in [2.05, 4.69) is 36.8 Å². The Morgan fingerprint density at radius 1 is 0.789 bits per heavy atom. The molecule has 0 atom stereocenters. The van der Waals surface area contributed by atoms with Crippen molar-refractivity contribution in [3.05, 3.63) is 12.2 Å². The third-order valence-corrected chi connectivity index (χ3v) is 3.11. The van der Waals surface area contributed by atoms with Crippen LogP contribution in [0.3, 0.4) is 0 Å². The van der Waals surface area contributed by atoms with Gasteiger partial charge >= 0.3 is 90.1 Å². The first-order valence-corrected chi connectivity index (χ1v) is 8.22. The average Bonchev–Trinajstić information content (AvgIpc) is 2.43. The van der Waals surface area contributed by atoms with E-state index in [1.807, 2.05) is 0 Å². The molecule has 19 heavy (non-hydrogen) atoms. The number of unbranched alkanes of at least 4 members (excludes halogenated alkanes) is 6. The number of ether oxygens (including phenoxy) is 2. The molecule has 2 nitrogen and oxygen atoms in total. The maximum absolute atomic E-state index is 5.44. The second-order valence-corrected chi connectivity index (χ2v) is 5.10. The molecule has 0 bridgehead atoms. The van der Waals surface area contributed by atoms with Crippen molar-refractivity contribution in [1.82, 2.24) is 0 Å². The second-order valence-electron chi connectivity index (χ2n) is 5.10.